The predicted octanol–water partition coefficient (Wildman–Crippen LogP) is 20.3. The summed E-state index contributed by atoms with van der Waals surface area (Å²) in [6.45, 7) is 6.33. The Morgan fingerprint density at radius 3 is 0.972 bits per heavy atom. The van der Waals surface area contributed by atoms with Crippen LogP contribution in [0.1, 0.15) is 271 Å². The highest BCUT2D eigenvalue weighted by Gasteiger charge is 2.19. The van der Waals surface area contributed by atoms with Crippen LogP contribution in [0.2, 0.25) is 0 Å². The van der Waals surface area contributed by atoms with Gasteiger partial charge in [0.25, 0.3) is 0 Å². The van der Waals surface area contributed by atoms with Gasteiger partial charge < -0.3 is 14.2 Å². The smallest absolute Gasteiger partial charge is 0.309 e. The van der Waals surface area contributed by atoms with E-state index in [0.717, 1.165) is 109 Å². The maximum atomic E-state index is 12.9. The number of allylic oxidation sites excluding steroid dienone is 17. The van der Waals surface area contributed by atoms with Gasteiger partial charge in [0.05, 0.1) is 6.42 Å². The summed E-state index contributed by atoms with van der Waals surface area (Å²) in [4.78, 5) is 38.2. The fourth-order valence-electron chi connectivity index (χ4n) is 8.15. The van der Waals surface area contributed by atoms with Crippen LogP contribution < -0.4 is 0 Å². The SMILES string of the molecule is CC/C=C\C/C=C\C/C=C\C/C=C\C/C=C\CC(=O)OCC(COC(=O)CCCCCCCCCCCCCCCCCCCCCC)OC(=O)CCCCCCCC/C=C\C/C=C\C/C=C\C/C=C\CC. The first-order chi connectivity index (χ1) is 35.5. The minimum Gasteiger partial charge on any atom is -0.462 e. The summed E-state index contributed by atoms with van der Waals surface area (Å²) in [7, 11) is 0. The lowest BCUT2D eigenvalue weighted by molar-refractivity contribution is -0.166. The Bertz CT molecular complexity index is 1470. The van der Waals surface area contributed by atoms with Crippen LogP contribution in [-0.2, 0) is 28.6 Å². The van der Waals surface area contributed by atoms with Crippen LogP contribution >= 0.6 is 0 Å². The van der Waals surface area contributed by atoms with E-state index in [-0.39, 0.29) is 31.6 Å². The number of esters is 3. The van der Waals surface area contributed by atoms with E-state index in [9.17, 15) is 14.4 Å². The molecule has 0 N–H and O–H groups in total. The highest BCUT2D eigenvalue weighted by molar-refractivity contribution is 5.72. The molecule has 0 radical (unpaired) electrons. The molecule has 0 heterocycles. The molecule has 410 valence electrons. The van der Waals surface area contributed by atoms with Crippen LogP contribution in [0.3, 0.4) is 0 Å². The first-order valence-electron chi connectivity index (χ1n) is 29.9. The van der Waals surface area contributed by atoms with Crippen LogP contribution in [0.25, 0.3) is 0 Å². The summed E-state index contributed by atoms with van der Waals surface area (Å²) in [6.07, 6.45) is 81.1. The average Bonchev–Trinajstić information content (AvgIpc) is 3.38. The highest BCUT2D eigenvalue weighted by atomic mass is 16.6. The zero-order valence-electron chi connectivity index (χ0n) is 46.9. The van der Waals surface area contributed by atoms with Crippen molar-refractivity contribution in [3.8, 4) is 0 Å². The van der Waals surface area contributed by atoms with Crippen LogP contribution in [0.5, 0.6) is 0 Å². The van der Waals surface area contributed by atoms with Crippen molar-refractivity contribution >= 4 is 17.9 Å². The van der Waals surface area contributed by atoms with Crippen molar-refractivity contribution in [1.82, 2.24) is 0 Å². The third-order valence-corrected chi connectivity index (χ3v) is 12.6. The van der Waals surface area contributed by atoms with Crippen molar-refractivity contribution < 1.29 is 28.6 Å². The summed E-state index contributed by atoms with van der Waals surface area (Å²) >= 11 is 0. The minimum absolute atomic E-state index is 0.113. The second kappa shape index (κ2) is 59.6. The Morgan fingerprint density at radius 2 is 0.597 bits per heavy atom. The molecule has 0 aliphatic heterocycles. The Hall–Kier alpha value is -3.93. The number of carbonyl (C=O) groups excluding carboxylic acids is 3. The lowest BCUT2D eigenvalue weighted by Crippen LogP contribution is -2.30. The predicted molar refractivity (Wildman–Crippen MR) is 311 cm³/mol. The van der Waals surface area contributed by atoms with Crippen molar-refractivity contribution in [3.05, 3.63) is 109 Å². The van der Waals surface area contributed by atoms with Gasteiger partial charge in [-0.15, -0.1) is 0 Å². The number of hydrogen-bond acceptors (Lipinski definition) is 6. The normalized spacial score (nSPS) is 12.9. The van der Waals surface area contributed by atoms with Crippen LogP contribution in [0.4, 0.5) is 0 Å². The lowest BCUT2D eigenvalue weighted by atomic mass is 10.0. The molecule has 0 aliphatic rings. The van der Waals surface area contributed by atoms with Crippen molar-refractivity contribution in [2.24, 2.45) is 0 Å². The van der Waals surface area contributed by atoms with E-state index in [0.29, 0.717) is 12.8 Å². The van der Waals surface area contributed by atoms with Gasteiger partial charge in [0, 0.05) is 12.8 Å². The molecule has 0 rings (SSSR count). The van der Waals surface area contributed by atoms with Crippen molar-refractivity contribution in [2.45, 2.75) is 277 Å². The fourth-order valence-corrected chi connectivity index (χ4v) is 8.15. The molecule has 6 nitrogen and oxygen atoms in total. The van der Waals surface area contributed by atoms with Gasteiger partial charge in [0.2, 0.25) is 0 Å². The summed E-state index contributed by atoms with van der Waals surface area (Å²) in [6, 6.07) is 0. The molecule has 0 aromatic heterocycles. The number of rotatable bonds is 53. The van der Waals surface area contributed by atoms with Crippen molar-refractivity contribution in [1.29, 1.82) is 0 Å². The van der Waals surface area contributed by atoms with Gasteiger partial charge in [0.1, 0.15) is 13.2 Å². The molecule has 6 heteroatoms. The third kappa shape index (κ3) is 57.0. The maximum Gasteiger partial charge on any atom is 0.309 e. The van der Waals surface area contributed by atoms with Crippen molar-refractivity contribution in [3.63, 3.8) is 0 Å². The average molecular weight is 1000 g/mol. The second-order valence-corrected chi connectivity index (χ2v) is 19.5. The van der Waals surface area contributed by atoms with Gasteiger partial charge in [-0.05, 0) is 83.5 Å². The largest absolute Gasteiger partial charge is 0.462 e. The van der Waals surface area contributed by atoms with E-state index >= 15 is 0 Å². The molecule has 0 saturated heterocycles. The van der Waals surface area contributed by atoms with Crippen LogP contribution in [0.15, 0.2) is 109 Å². The van der Waals surface area contributed by atoms with E-state index in [1.165, 1.54) is 122 Å². The molecule has 1 unspecified atom stereocenters. The highest BCUT2D eigenvalue weighted by Crippen LogP contribution is 2.16. The van der Waals surface area contributed by atoms with Gasteiger partial charge in [0.15, 0.2) is 6.10 Å². The van der Waals surface area contributed by atoms with E-state index in [1.54, 1.807) is 6.08 Å². The number of ether oxygens (including phenoxy) is 3. The maximum absolute atomic E-state index is 12.9. The zero-order valence-corrected chi connectivity index (χ0v) is 46.9. The van der Waals surface area contributed by atoms with Crippen LogP contribution in [-0.4, -0.2) is 37.2 Å². The molecule has 0 amide bonds. The molecule has 0 aromatic rings. The van der Waals surface area contributed by atoms with E-state index < -0.39 is 12.1 Å². The molecule has 0 aromatic carbocycles. The van der Waals surface area contributed by atoms with Gasteiger partial charge >= 0.3 is 17.9 Å². The summed E-state index contributed by atoms with van der Waals surface area (Å²) in [5.74, 6) is -1.06. The summed E-state index contributed by atoms with van der Waals surface area (Å²) in [5.41, 5.74) is 0. The summed E-state index contributed by atoms with van der Waals surface area (Å²) in [5, 5.41) is 0. The quantitative estimate of drug-likeness (QED) is 0.0261. The molecular formula is C66H110O6. The van der Waals surface area contributed by atoms with E-state index in [2.05, 4.69) is 118 Å². The minimum atomic E-state index is -0.827. The molecule has 0 fully saturated rings. The number of unbranched alkanes of at least 4 members (excludes halogenated alkanes) is 25. The fraction of sp³-hybridized carbons (Fsp3) is 0.682. The number of hydrogen-bond donors (Lipinski definition) is 0. The Kier molecular flexibility index (Phi) is 56.4. The Balaban J connectivity index is 4.47. The zero-order chi connectivity index (χ0) is 52.2. The first kappa shape index (κ1) is 68.1. The standard InChI is InChI=1S/C66H110O6/c1-4-7-10-13-16-19-22-25-28-30-32-34-35-38-41-44-47-50-53-56-59-65(68)71-62-63(61-70-64(67)58-55-52-49-46-43-40-37-27-24-21-18-15-12-9-6-3)72-66(69)60-57-54-51-48-45-42-39-36-33-31-29-26-23-20-17-14-11-8-5-2/h8-9,11-12,17-18,20-21,26-27,29,33,36-37,43,46,52,55,63H,4-7,10,13-16,19,22-25,28,30-32,34-35,38-42,44-45,47-51,53-54,56-62H2,1-3H3/b11-8-,12-9-,20-17-,21-18-,29-26-,36-33-,37-27-,46-43-,55-52-. The van der Waals surface area contributed by atoms with Crippen LogP contribution in [0, 0.1) is 0 Å². The van der Waals surface area contributed by atoms with Gasteiger partial charge in [-0.1, -0.05) is 278 Å². The Morgan fingerprint density at radius 1 is 0.306 bits per heavy atom. The third-order valence-electron chi connectivity index (χ3n) is 12.6. The topological polar surface area (TPSA) is 78.9 Å². The molecule has 0 saturated carbocycles. The molecular weight excluding hydrogens is 889 g/mol. The first-order valence-corrected chi connectivity index (χ1v) is 29.9. The van der Waals surface area contributed by atoms with E-state index in [1.807, 2.05) is 6.08 Å². The van der Waals surface area contributed by atoms with E-state index in [4.69, 9.17) is 14.2 Å². The molecule has 0 bridgehead atoms. The number of carbonyl (C=O) groups is 3. The lowest BCUT2D eigenvalue weighted by Gasteiger charge is -2.18. The molecule has 0 aliphatic carbocycles. The monoisotopic (exact) mass is 999 g/mol. The molecule has 0 spiro atoms. The van der Waals surface area contributed by atoms with Gasteiger partial charge in [-0.2, -0.15) is 0 Å². The molecule has 72 heavy (non-hydrogen) atoms. The second-order valence-electron chi connectivity index (χ2n) is 19.5. The van der Waals surface area contributed by atoms with Crippen molar-refractivity contribution in [2.75, 3.05) is 13.2 Å². The molecule has 1 atom stereocenters. The van der Waals surface area contributed by atoms with Gasteiger partial charge in [-0.3, -0.25) is 14.4 Å². The Labute approximate surface area is 444 Å². The van der Waals surface area contributed by atoms with Gasteiger partial charge in [-0.25, -0.2) is 0 Å². The summed E-state index contributed by atoms with van der Waals surface area (Å²) < 4.78 is 16.8.